The van der Waals surface area contributed by atoms with Crippen LogP contribution in [0.2, 0.25) is 0 Å². The summed E-state index contributed by atoms with van der Waals surface area (Å²) in [5.74, 6) is -5.05. The number of phenols is 3. The number of phenolic OH excluding ortho intramolecular Hbond substituents is 3. The highest BCUT2D eigenvalue weighted by Crippen LogP contribution is 2.20. The summed E-state index contributed by atoms with van der Waals surface area (Å²) in [6.07, 6.45) is 3.85. The van der Waals surface area contributed by atoms with Crippen LogP contribution in [0, 0.1) is 11.8 Å². The average molecular weight is 958 g/mol. The highest BCUT2D eigenvalue weighted by molar-refractivity contribution is 5.96. The van der Waals surface area contributed by atoms with E-state index in [1.54, 1.807) is 76.2 Å². The lowest BCUT2D eigenvalue weighted by molar-refractivity contribution is -0.143. The number of carboxylic acids is 1. The fraction of sp³-hybridized carbons (Fsp3) is 0.510. The number of amides is 7. The molecule has 3 aromatic carbocycles. The Labute approximate surface area is 404 Å². The highest BCUT2D eigenvalue weighted by Gasteiger charge is 2.37. The summed E-state index contributed by atoms with van der Waals surface area (Å²) in [5, 5.41) is 55.8. The second-order valence-electron chi connectivity index (χ2n) is 18.3. The van der Waals surface area contributed by atoms with Gasteiger partial charge in [0.1, 0.15) is 53.5 Å². The van der Waals surface area contributed by atoms with Gasteiger partial charge in [0.2, 0.25) is 29.5 Å². The fourth-order valence-electron chi connectivity index (χ4n) is 8.12. The first-order chi connectivity index (χ1) is 32.9. The number of nitrogens with one attached hydrogen (secondary N) is 6. The molecule has 69 heavy (non-hydrogen) atoms. The minimum Gasteiger partial charge on any atom is -0.508 e. The zero-order valence-electron chi connectivity index (χ0n) is 40.3. The normalized spacial score (nSPS) is 21.0. The van der Waals surface area contributed by atoms with Crippen molar-refractivity contribution in [1.82, 2.24) is 36.8 Å². The van der Waals surface area contributed by atoms with Gasteiger partial charge in [0.15, 0.2) is 0 Å². The number of aliphatic carboxylic acids is 1. The molecule has 1 heterocycles. The Morgan fingerprint density at radius 1 is 0.667 bits per heavy atom. The van der Waals surface area contributed by atoms with Gasteiger partial charge in [-0.2, -0.15) is 0 Å². The minimum absolute atomic E-state index is 0.0383. The zero-order chi connectivity index (χ0) is 50.6. The molecule has 7 atom stereocenters. The largest absolute Gasteiger partial charge is 0.508 e. The number of benzene rings is 3. The van der Waals surface area contributed by atoms with Crippen molar-refractivity contribution in [2.24, 2.45) is 11.8 Å². The summed E-state index contributed by atoms with van der Waals surface area (Å²) in [6, 6.07) is 11.7. The van der Waals surface area contributed by atoms with Crippen molar-refractivity contribution in [3.63, 3.8) is 0 Å². The van der Waals surface area contributed by atoms with Gasteiger partial charge < -0.3 is 57.2 Å². The van der Waals surface area contributed by atoms with E-state index < -0.39 is 89.6 Å². The predicted octanol–water partition coefficient (Wildman–Crippen LogP) is 4.19. The lowest BCUT2D eigenvalue weighted by atomic mass is 9.98. The van der Waals surface area contributed by atoms with E-state index in [0.29, 0.717) is 44.9 Å². The summed E-state index contributed by atoms with van der Waals surface area (Å²) in [5.41, 5.74) is 2.52. The van der Waals surface area contributed by atoms with Crippen LogP contribution >= 0.6 is 0 Å². The minimum atomic E-state index is -1.24. The lowest BCUT2D eigenvalue weighted by Gasteiger charge is -2.33. The van der Waals surface area contributed by atoms with Gasteiger partial charge in [-0.3, -0.25) is 24.0 Å². The van der Waals surface area contributed by atoms with Crippen molar-refractivity contribution < 1.29 is 54.0 Å². The number of likely N-dealkylation sites (N-methyl/N-ethyl adjacent to an activating group) is 1. The first-order valence-electron chi connectivity index (χ1n) is 24.0. The van der Waals surface area contributed by atoms with E-state index in [4.69, 9.17) is 0 Å². The molecule has 0 saturated carbocycles. The van der Waals surface area contributed by atoms with Gasteiger partial charge in [-0.15, -0.1) is 0 Å². The first kappa shape index (κ1) is 54.8. The Morgan fingerprint density at radius 3 is 1.71 bits per heavy atom. The molecular formula is C51H71N7O11. The van der Waals surface area contributed by atoms with E-state index in [-0.39, 0.29) is 55.9 Å². The number of unbranched alkanes of at least 4 members (excludes halogenated alkanes) is 1. The maximum absolute atomic E-state index is 14.8. The third-order valence-corrected chi connectivity index (χ3v) is 12.7. The smallest absolute Gasteiger partial charge is 0.326 e. The van der Waals surface area contributed by atoms with Crippen LogP contribution in [-0.2, 0) is 48.0 Å². The summed E-state index contributed by atoms with van der Waals surface area (Å²) in [7, 11) is 1.47. The average Bonchev–Trinajstić information content (AvgIpc) is 3.32. The fourth-order valence-corrected chi connectivity index (χ4v) is 8.12. The van der Waals surface area contributed by atoms with E-state index in [1.165, 1.54) is 36.2 Å². The highest BCUT2D eigenvalue weighted by atomic mass is 16.4. The Kier molecular flexibility index (Phi) is 21.6. The van der Waals surface area contributed by atoms with E-state index >= 15 is 0 Å². The third kappa shape index (κ3) is 17.6. The summed E-state index contributed by atoms with van der Waals surface area (Å²) >= 11 is 0. The monoisotopic (exact) mass is 958 g/mol. The molecule has 3 aromatic rings. The van der Waals surface area contributed by atoms with Crippen molar-refractivity contribution in [2.75, 3.05) is 13.6 Å². The molecule has 4 rings (SSSR count). The van der Waals surface area contributed by atoms with Gasteiger partial charge in [-0.05, 0) is 129 Å². The Morgan fingerprint density at radius 2 is 1.19 bits per heavy atom. The molecule has 0 spiro atoms. The molecular weight excluding hydrogens is 887 g/mol. The topological polar surface area (TPSA) is 276 Å². The third-order valence-electron chi connectivity index (χ3n) is 12.7. The van der Waals surface area contributed by atoms with Crippen LogP contribution < -0.4 is 31.9 Å². The predicted molar refractivity (Wildman–Crippen MR) is 259 cm³/mol. The molecule has 10 N–H and O–H groups in total. The second-order valence-corrected chi connectivity index (χ2v) is 18.3. The Bertz CT molecular complexity index is 2170. The van der Waals surface area contributed by atoms with Crippen molar-refractivity contribution >= 4 is 41.5 Å². The number of aryl methyl sites for hydroxylation is 3. The van der Waals surface area contributed by atoms with Gasteiger partial charge in [-0.1, -0.05) is 76.9 Å². The Hall–Kier alpha value is -6.85. The molecule has 0 aliphatic carbocycles. The van der Waals surface area contributed by atoms with Crippen LogP contribution in [0.25, 0.3) is 0 Å². The molecule has 1 fully saturated rings. The number of aromatic hydroxyl groups is 3. The second kappa shape index (κ2) is 27.2. The van der Waals surface area contributed by atoms with Crippen LogP contribution in [0.5, 0.6) is 17.2 Å². The molecule has 18 nitrogen and oxygen atoms in total. The molecule has 1 aliphatic rings. The summed E-state index contributed by atoms with van der Waals surface area (Å²) in [4.78, 5) is 98.5. The van der Waals surface area contributed by atoms with Crippen LogP contribution in [0.15, 0.2) is 72.8 Å². The van der Waals surface area contributed by atoms with Crippen molar-refractivity contribution in [2.45, 2.75) is 141 Å². The van der Waals surface area contributed by atoms with E-state index in [1.807, 2.05) is 0 Å². The number of rotatable bonds is 17. The van der Waals surface area contributed by atoms with Crippen LogP contribution in [-0.4, -0.2) is 117 Å². The van der Waals surface area contributed by atoms with Gasteiger partial charge in [0, 0.05) is 13.6 Å². The molecule has 18 heteroatoms. The van der Waals surface area contributed by atoms with E-state index in [0.717, 1.165) is 16.7 Å². The summed E-state index contributed by atoms with van der Waals surface area (Å²) in [6.45, 7) is 7.00. The van der Waals surface area contributed by atoms with E-state index in [9.17, 15) is 54.0 Å². The van der Waals surface area contributed by atoms with Gasteiger partial charge in [0.05, 0.1) is 0 Å². The maximum Gasteiger partial charge on any atom is 0.326 e. The lowest BCUT2D eigenvalue weighted by Crippen LogP contribution is -2.60. The molecule has 0 aromatic heterocycles. The molecule has 7 amide bonds. The Balaban J connectivity index is 1.71. The number of hydrogen-bond acceptors (Lipinski definition) is 10. The SMILES string of the molecule is CC[C@H](C)[C@H](NC(=O)NC1CCCCNC(=O)C(CCc2ccc(O)cc2)NC(=O)[C@H](CCCCc2ccc(O)cc2)N(C)C(=O)[C@H](CCc2ccc(O)cc2)NC(=O)C(C(C)C)NC1=O)C(=O)O. The molecule has 3 unspecified atom stereocenters. The molecule has 0 radical (unpaired) electrons. The number of carboxylic acid groups (broad SMARTS) is 1. The molecule has 0 bridgehead atoms. The molecule has 1 aliphatic heterocycles. The number of urea groups is 1. The van der Waals surface area contributed by atoms with Gasteiger partial charge >= 0.3 is 12.0 Å². The van der Waals surface area contributed by atoms with Crippen LogP contribution in [0.4, 0.5) is 4.79 Å². The van der Waals surface area contributed by atoms with Crippen molar-refractivity contribution in [3.8, 4) is 17.2 Å². The quantitative estimate of drug-likeness (QED) is 0.0857. The molecule has 1 saturated heterocycles. The number of nitrogens with zero attached hydrogens (tertiary/aromatic N) is 1. The number of hydrogen-bond donors (Lipinski definition) is 10. The zero-order valence-corrected chi connectivity index (χ0v) is 40.3. The van der Waals surface area contributed by atoms with Crippen LogP contribution in [0.3, 0.4) is 0 Å². The maximum atomic E-state index is 14.8. The summed E-state index contributed by atoms with van der Waals surface area (Å²) < 4.78 is 0. The number of carbonyl (C=O) groups excluding carboxylic acids is 6. The standard InChI is InChI=1S/C51H71N7O11/c1-6-32(4)44(50(67)68)57-51(69)55-39-12-9-10-30-52-45(62)40(28-20-34-16-24-37(60)25-17-34)53-47(64)42(13-8-7-11-33-14-22-36(59)23-15-33)58(5)49(66)41(29-21-35-18-26-38(61)27-19-35)54-48(65)43(31(2)3)56-46(39)63/h14-19,22-27,31-32,39-44,59-61H,6-13,20-21,28-30H2,1-5H3,(H,52,62)(H,53,64)(H,54,65)(H,56,63)(H,67,68)(H2,55,57,69)/t32-,39?,40?,41-,42-,43?,44-/m0/s1. The molecule has 376 valence electrons. The van der Waals surface area contributed by atoms with Crippen molar-refractivity contribution in [3.05, 3.63) is 89.5 Å². The van der Waals surface area contributed by atoms with Crippen molar-refractivity contribution in [1.29, 1.82) is 0 Å². The first-order valence-corrected chi connectivity index (χ1v) is 24.0. The van der Waals surface area contributed by atoms with Gasteiger partial charge in [0.25, 0.3) is 0 Å². The van der Waals surface area contributed by atoms with Gasteiger partial charge in [-0.25, -0.2) is 9.59 Å². The number of carbonyl (C=O) groups is 7. The van der Waals surface area contributed by atoms with E-state index in [2.05, 4.69) is 31.9 Å². The van der Waals surface area contributed by atoms with Crippen LogP contribution in [0.1, 0.15) is 102 Å².